The van der Waals surface area contributed by atoms with E-state index in [0.29, 0.717) is 17.5 Å². The second kappa shape index (κ2) is 9.83. The standard InChI is InChI=1S/C30H45NO3/c1-11-28(7,8)30(10,24-16-20(5)19(4)15-21(24)6)27(34)22-14-13-18(3)23(26(22)33)17-25(32)29(9,31)12-2/h13-16,25,32-33H,11-12,17,31H2,1-10H3/t25-,29?,30-/m1/s1. The molecular weight excluding hydrogens is 422 g/mol. The number of phenols is 1. The third-order valence-corrected chi connectivity index (χ3v) is 8.75. The minimum atomic E-state index is -0.862. The van der Waals surface area contributed by atoms with Gasteiger partial charge in [0.1, 0.15) is 5.75 Å². The molecule has 0 spiro atoms. The molecule has 2 rings (SSSR count). The van der Waals surface area contributed by atoms with E-state index in [1.54, 1.807) is 6.07 Å². The number of hydrogen-bond acceptors (Lipinski definition) is 4. The molecule has 0 aliphatic carbocycles. The van der Waals surface area contributed by atoms with Gasteiger partial charge < -0.3 is 15.9 Å². The first-order chi connectivity index (χ1) is 15.5. The molecule has 0 aliphatic rings. The Kier molecular flexibility index (Phi) is 8.11. The largest absolute Gasteiger partial charge is 0.507 e. The van der Waals surface area contributed by atoms with E-state index in [1.165, 1.54) is 5.56 Å². The number of rotatable bonds is 9. The highest BCUT2D eigenvalue weighted by Gasteiger charge is 2.49. The van der Waals surface area contributed by atoms with Gasteiger partial charge in [-0.2, -0.15) is 0 Å². The van der Waals surface area contributed by atoms with Crippen molar-refractivity contribution in [1.29, 1.82) is 0 Å². The van der Waals surface area contributed by atoms with Crippen LogP contribution in [-0.2, 0) is 11.8 Å². The highest BCUT2D eigenvalue weighted by Crippen LogP contribution is 2.49. The van der Waals surface area contributed by atoms with Crippen molar-refractivity contribution in [3.8, 4) is 5.75 Å². The highest BCUT2D eigenvalue weighted by atomic mass is 16.3. The maximum absolute atomic E-state index is 14.4. The Morgan fingerprint density at radius 1 is 0.912 bits per heavy atom. The fourth-order valence-corrected chi connectivity index (χ4v) is 4.76. The molecule has 0 fully saturated rings. The van der Waals surface area contributed by atoms with Gasteiger partial charge in [0, 0.05) is 17.5 Å². The van der Waals surface area contributed by atoms with Crippen molar-refractivity contribution in [3.63, 3.8) is 0 Å². The smallest absolute Gasteiger partial charge is 0.177 e. The predicted molar refractivity (Wildman–Crippen MR) is 142 cm³/mol. The number of carbonyl (C=O) groups is 1. The zero-order valence-electron chi connectivity index (χ0n) is 22.9. The number of Topliss-reactive ketones (excluding diaryl/α,β-unsaturated/α-hetero) is 1. The normalized spacial score (nSPS) is 16.6. The molecule has 0 aromatic heterocycles. The van der Waals surface area contributed by atoms with Crippen LogP contribution in [0.5, 0.6) is 5.75 Å². The van der Waals surface area contributed by atoms with Crippen LogP contribution in [0.3, 0.4) is 0 Å². The average molecular weight is 468 g/mol. The lowest BCUT2D eigenvalue weighted by molar-refractivity contribution is 0.0722. The fourth-order valence-electron chi connectivity index (χ4n) is 4.76. The van der Waals surface area contributed by atoms with Gasteiger partial charge in [-0.15, -0.1) is 0 Å². The zero-order valence-corrected chi connectivity index (χ0v) is 22.9. The Hall–Kier alpha value is -2.17. The number of hydrogen-bond donors (Lipinski definition) is 3. The van der Waals surface area contributed by atoms with E-state index in [9.17, 15) is 15.0 Å². The number of aliphatic hydroxyl groups excluding tert-OH is 1. The van der Waals surface area contributed by atoms with Crippen molar-refractivity contribution in [2.45, 2.75) is 106 Å². The quantitative estimate of drug-likeness (QED) is 0.382. The van der Waals surface area contributed by atoms with Gasteiger partial charge in [0.15, 0.2) is 5.78 Å². The number of aryl methyl sites for hydroxylation is 4. The summed E-state index contributed by atoms with van der Waals surface area (Å²) in [5, 5.41) is 22.2. The fraction of sp³-hybridized carbons (Fsp3) is 0.567. The molecule has 4 heteroatoms. The van der Waals surface area contributed by atoms with Gasteiger partial charge in [-0.25, -0.2) is 0 Å². The Morgan fingerprint density at radius 2 is 1.47 bits per heavy atom. The first-order valence-electron chi connectivity index (χ1n) is 12.5. The van der Waals surface area contributed by atoms with E-state index in [0.717, 1.165) is 28.7 Å². The summed E-state index contributed by atoms with van der Waals surface area (Å²) in [5.41, 5.74) is 10.4. The average Bonchev–Trinajstić information content (AvgIpc) is 2.77. The molecule has 0 radical (unpaired) electrons. The van der Waals surface area contributed by atoms with Gasteiger partial charge in [0.2, 0.25) is 0 Å². The molecule has 34 heavy (non-hydrogen) atoms. The van der Waals surface area contributed by atoms with E-state index in [-0.39, 0.29) is 23.4 Å². The second-order valence-electron chi connectivity index (χ2n) is 11.3. The number of ketones is 1. The van der Waals surface area contributed by atoms with Crippen molar-refractivity contribution < 1.29 is 15.0 Å². The van der Waals surface area contributed by atoms with Gasteiger partial charge in [-0.05, 0) is 93.7 Å². The summed E-state index contributed by atoms with van der Waals surface area (Å²) in [7, 11) is 0. The summed E-state index contributed by atoms with van der Waals surface area (Å²) in [6, 6.07) is 7.87. The third-order valence-electron chi connectivity index (χ3n) is 8.75. The second-order valence-corrected chi connectivity index (χ2v) is 11.3. The summed E-state index contributed by atoms with van der Waals surface area (Å²) in [6.07, 6.45) is 0.743. The molecule has 1 unspecified atom stereocenters. The monoisotopic (exact) mass is 467 g/mol. The van der Waals surface area contributed by atoms with Crippen LogP contribution in [0.15, 0.2) is 24.3 Å². The van der Waals surface area contributed by atoms with Crippen LogP contribution in [0.25, 0.3) is 0 Å². The van der Waals surface area contributed by atoms with Crippen LogP contribution < -0.4 is 5.73 Å². The molecule has 188 valence electrons. The van der Waals surface area contributed by atoms with Gasteiger partial charge in [-0.3, -0.25) is 4.79 Å². The summed E-state index contributed by atoms with van der Waals surface area (Å²) >= 11 is 0. The molecule has 0 saturated heterocycles. The van der Waals surface area contributed by atoms with Crippen LogP contribution >= 0.6 is 0 Å². The van der Waals surface area contributed by atoms with Crippen molar-refractivity contribution in [2.24, 2.45) is 11.1 Å². The number of benzene rings is 2. The first kappa shape index (κ1) is 28.1. The van der Waals surface area contributed by atoms with Gasteiger partial charge >= 0.3 is 0 Å². The lowest BCUT2D eigenvalue weighted by Crippen LogP contribution is -2.48. The molecule has 0 saturated carbocycles. The number of carbonyl (C=O) groups excluding carboxylic acids is 1. The number of nitrogens with two attached hydrogens (primary N) is 1. The van der Waals surface area contributed by atoms with Crippen LogP contribution in [0.1, 0.15) is 98.1 Å². The Balaban J connectivity index is 2.74. The molecule has 0 aliphatic heterocycles. The highest BCUT2D eigenvalue weighted by molar-refractivity contribution is 6.07. The molecule has 2 aromatic rings. The third kappa shape index (κ3) is 4.81. The summed E-state index contributed by atoms with van der Waals surface area (Å²) < 4.78 is 0. The van der Waals surface area contributed by atoms with Gasteiger partial charge in [0.25, 0.3) is 0 Å². The maximum Gasteiger partial charge on any atom is 0.177 e. The summed E-state index contributed by atoms with van der Waals surface area (Å²) in [5.74, 6) is -0.152. The van der Waals surface area contributed by atoms with E-state index < -0.39 is 17.1 Å². The van der Waals surface area contributed by atoms with E-state index in [1.807, 2.05) is 33.8 Å². The van der Waals surface area contributed by atoms with Gasteiger partial charge in [0.05, 0.1) is 17.1 Å². The first-order valence-corrected chi connectivity index (χ1v) is 12.5. The molecule has 0 bridgehead atoms. The molecule has 0 heterocycles. The molecule has 0 amide bonds. The van der Waals surface area contributed by atoms with E-state index in [2.05, 4.69) is 53.7 Å². The lowest BCUT2D eigenvalue weighted by Gasteiger charge is -2.44. The maximum atomic E-state index is 14.4. The Labute approximate surface area is 206 Å². The van der Waals surface area contributed by atoms with E-state index in [4.69, 9.17) is 5.73 Å². The minimum Gasteiger partial charge on any atom is -0.507 e. The number of phenolic OH excluding ortho intramolecular Hbond substituents is 1. The lowest BCUT2D eigenvalue weighted by atomic mass is 9.57. The van der Waals surface area contributed by atoms with Crippen LogP contribution in [0, 0.1) is 33.1 Å². The van der Waals surface area contributed by atoms with Crippen molar-refractivity contribution >= 4 is 5.78 Å². The SMILES string of the molecule is CCC(C)(N)[C@H](O)Cc1c(C)ccc(C(=O)[C@@](C)(c2cc(C)c(C)cc2C)C(C)(C)CC)c1O. The van der Waals surface area contributed by atoms with Crippen molar-refractivity contribution in [2.75, 3.05) is 0 Å². The van der Waals surface area contributed by atoms with Crippen molar-refractivity contribution in [3.05, 3.63) is 63.2 Å². The van der Waals surface area contributed by atoms with Crippen LogP contribution in [0.4, 0.5) is 0 Å². The van der Waals surface area contributed by atoms with Crippen LogP contribution in [-0.4, -0.2) is 27.6 Å². The molecule has 3 atom stereocenters. The number of aliphatic hydroxyl groups is 1. The summed E-state index contributed by atoms with van der Waals surface area (Å²) in [6.45, 7) is 20.2. The Morgan fingerprint density at radius 3 is 2.00 bits per heavy atom. The molecule has 4 N–H and O–H groups in total. The Bertz CT molecular complexity index is 1070. The minimum absolute atomic E-state index is 0.0458. The number of aromatic hydroxyl groups is 1. The molecule has 4 nitrogen and oxygen atoms in total. The molecule has 2 aromatic carbocycles. The predicted octanol–water partition coefficient (Wildman–Crippen LogP) is 6.23. The van der Waals surface area contributed by atoms with Crippen molar-refractivity contribution in [1.82, 2.24) is 0 Å². The van der Waals surface area contributed by atoms with Crippen LogP contribution in [0.2, 0.25) is 0 Å². The zero-order chi connectivity index (χ0) is 26.2. The topological polar surface area (TPSA) is 83.5 Å². The van der Waals surface area contributed by atoms with E-state index >= 15 is 0 Å². The summed E-state index contributed by atoms with van der Waals surface area (Å²) in [4.78, 5) is 14.4. The molecular formula is C30H45NO3. The van der Waals surface area contributed by atoms with Gasteiger partial charge in [-0.1, -0.05) is 45.9 Å².